The van der Waals surface area contributed by atoms with Crippen LogP contribution in [0.2, 0.25) is 0 Å². The van der Waals surface area contributed by atoms with Crippen LogP contribution in [0.5, 0.6) is 0 Å². The zero-order valence-corrected chi connectivity index (χ0v) is 6.70. The van der Waals surface area contributed by atoms with Crippen LogP contribution in [0.1, 0.15) is 39.0 Å². The zero-order valence-electron chi connectivity index (χ0n) is 6.70. The summed E-state index contributed by atoms with van der Waals surface area (Å²) in [7, 11) is 0. The van der Waals surface area contributed by atoms with Crippen molar-refractivity contribution in [2.24, 2.45) is 0 Å². The van der Waals surface area contributed by atoms with Gasteiger partial charge >= 0.3 is 6.61 Å². The molecule has 0 aromatic carbocycles. The van der Waals surface area contributed by atoms with Gasteiger partial charge in [-0.2, -0.15) is 8.78 Å². The van der Waals surface area contributed by atoms with Crippen molar-refractivity contribution >= 4 is 0 Å². The Bertz CT molecular complexity index is 119. The molecular weight excluding hydrogens is 150 g/mol. The lowest BCUT2D eigenvalue weighted by Crippen LogP contribution is -2.27. The minimum atomic E-state index is -1.88. The summed E-state index contributed by atoms with van der Waals surface area (Å²) in [6, 6.07) is 0. The SMILES string of the molecule is CCC1(O[C](F)F)CCCC1. The molecule has 11 heavy (non-hydrogen) atoms. The van der Waals surface area contributed by atoms with Crippen LogP contribution in [0, 0.1) is 6.61 Å². The maximum atomic E-state index is 11.8. The van der Waals surface area contributed by atoms with Gasteiger partial charge in [-0.15, -0.1) is 0 Å². The van der Waals surface area contributed by atoms with Crippen molar-refractivity contribution in [3.63, 3.8) is 0 Å². The predicted molar refractivity (Wildman–Crippen MR) is 38.0 cm³/mol. The van der Waals surface area contributed by atoms with Crippen molar-refractivity contribution in [3.05, 3.63) is 6.61 Å². The topological polar surface area (TPSA) is 9.23 Å². The third kappa shape index (κ3) is 2.12. The van der Waals surface area contributed by atoms with Crippen LogP contribution in [-0.2, 0) is 4.74 Å². The molecule has 1 radical (unpaired) electrons. The lowest BCUT2D eigenvalue weighted by Gasteiger charge is -2.25. The van der Waals surface area contributed by atoms with E-state index < -0.39 is 12.2 Å². The Balaban J connectivity index is 2.45. The molecule has 0 N–H and O–H groups in total. The van der Waals surface area contributed by atoms with Crippen LogP contribution < -0.4 is 0 Å². The fourth-order valence-electron chi connectivity index (χ4n) is 1.71. The normalized spacial score (nSPS) is 22.9. The minimum absolute atomic E-state index is 0.529. The Morgan fingerprint density at radius 1 is 1.36 bits per heavy atom. The summed E-state index contributed by atoms with van der Waals surface area (Å²) in [6.07, 6.45) is 4.27. The molecule has 0 amide bonds. The van der Waals surface area contributed by atoms with E-state index in [4.69, 9.17) is 0 Å². The summed E-state index contributed by atoms with van der Waals surface area (Å²) in [4.78, 5) is 0. The standard InChI is InChI=1S/C8H13F2O/c1-2-8(11-7(9)10)5-3-4-6-8/h2-6H2,1H3. The van der Waals surface area contributed by atoms with E-state index in [9.17, 15) is 8.78 Å². The third-order valence-electron chi connectivity index (χ3n) is 2.45. The maximum Gasteiger partial charge on any atom is 0.448 e. The van der Waals surface area contributed by atoms with E-state index in [1.807, 2.05) is 6.92 Å². The smallest absolute Gasteiger partial charge is 0.307 e. The van der Waals surface area contributed by atoms with Crippen molar-refractivity contribution < 1.29 is 13.5 Å². The number of hydrogen-bond acceptors (Lipinski definition) is 1. The molecule has 0 atom stereocenters. The first-order valence-corrected chi connectivity index (χ1v) is 4.05. The van der Waals surface area contributed by atoms with Gasteiger partial charge in [-0.1, -0.05) is 19.8 Å². The van der Waals surface area contributed by atoms with Crippen molar-refractivity contribution in [2.75, 3.05) is 0 Å². The van der Waals surface area contributed by atoms with Crippen LogP contribution in [0.4, 0.5) is 8.78 Å². The molecule has 1 fully saturated rings. The predicted octanol–water partition coefficient (Wildman–Crippen LogP) is 3.11. The lowest BCUT2D eigenvalue weighted by atomic mass is 9.99. The first kappa shape index (κ1) is 8.91. The fraction of sp³-hybridized carbons (Fsp3) is 0.875. The summed E-state index contributed by atoms with van der Waals surface area (Å²) < 4.78 is 28.2. The molecule has 1 rings (SSSR count). The highest BCUT2D eigenvalue weighted by molar-refractivity contribution is 4.86. The van der Waals surface area contributed by atoms with Gasteiger partial charge in [0.1, 0.15) is 0 Å². The molecule has 1 aliphatic carbocycles. The van der Waals surface area contributed by atoms with Crippen LogP contribution in [0.15, 0.2) is 0 Å². The highest BCUT2D eigenvalue weighted by Gasteiger charge is 2.36. The van der Waals surface area contributed by atoms with Gasteiger partial charge in [0.05, 0.1) is 5.60 Å². The second-order valence-electron chi connectivity index (χ2n) is 3.07. The molecular formula is C8H13F2O. The molecule has 0 aliphatic heterocycles. The van der Waals surface area contributed by atoms with Gasteiger partial charge in [0.25, 0.3) is 0 Å². The summed E-state index contributed by atoms with van der Waals surface area (Å²) in [6.45, 7) is 0.0163. The highest BCUT2D eigenvalue weighted by Crippen LogP contribution is 2.38. The minimum Gasteiger partial charge on any atom is -0.307 e. The Hall–Kier alpha value is -0.180. The van der Waals surface area contributed by atoms with Gasteiger partial charge in [-0.05, 0) is 19.3 Å². The average Bonchev–Trinajstić information content (AvgIpc) is 2.36. The Labute approximate surface area is 65.7 Å². The molecule has 65 valence electrons. The summed E-state index contributed by atoms with van der Waals surface area (Å²) in [5.41, 5.74) is -0.529. The maximum absolute atomic E-state index is 11.8. The first-order valence-electron chi connectivity index (χ1n) is 4.05. The molecule has 1 nitrogen and oxygen atoms in total. The molecule has 1 aliphatic rings. The first-order chi connectivity index (χ1) is 5.18. The van der Waals surface area contributed by atoms with Gasteiger partial charge < -0.3 is 4.74 Å². The molecule has 0 bridgehead atoms. The Morgan fingerprint density at radius 3 is 2.27 bits per heavy atom. The molecule has 0 spiro atoms. The number of hydrogen-bond donors (Lipinski definition) is 0. The Morgan fingerprint density at radius 2 is 1.91 bits per heavy atom. The molecule has 0 saturated heterocycles. The van der Waals surface area contributed by atoms with E-state index in [-0.39, 0.29) is 0 Å². The summed E-state index contributed by atoms with van der Waals surface area (Å²) >= 11 is 0. The molecule has 0 aromatic heterocycles. The molecule has 1 saturated carbocycles. The lowest BCUT2D eigenvalue weighted by molar-refractivity contribution is -0.125. The van der Waals surface area contributed by atoms with Gasteiger partial charge in [0.15, 0.2) is 0 Å². The highest BCUT2D eigenvalue weighted by atomic mass is 19.3. The van der Waals surface area contributed by atoms with Gasteiger partial charge in [-0.3, -0.25) is 0 Å². The fourth-order valence-corrected chi connectivity index (χ4v) is 1.71. The van der Waals surface area contributed by atoms with E-state index >= 15 is 0 Å². The van der Waals surface area contributed by atoms with Crippen molar-refractivity contribution in [2.45, 2.75) is 44.6 Å². The Kier molecular flexibility index (Phi) is 2.82. The van der Waals surface area contributed by atoms with E-state index in [2.05, 4.69) is 4.74 Å². The number of rotatable bonds is 3. The van der Waals surface area contributed by atoms with Gasteiger partial charge in [-0.25, -0.2) is 0 Å². The third-order valence-corrected chi connectivity index (χ3v) is 2.45. The van der Waals surface area contributed by atoms with E-state index in [0.29, 0.717) is 6.42 Å². The van der Waals surface area contributed by atoms with Crippen molar-refractivity contribution in [3.8, 4) is 0 Å². The van der Waals surface area contributed by atoms with Crippen LogP contribution in [0.25, 0.3) is 0 Å². The summed E-state index contributed by atoms with van der Waals surface area (Å²) in [5.74, 6) is 0. The molecule has 3 heteroatoms. The molecule has 0 aromatic rings. The van der Waals surface area contributed by atoms with E-state index in [1.54, 1.807) is 0 Å². The number of ether oxygens (including phenoxy) is 1. The second kappa shape index (κ2) is 3.48. The van der Waals surface area contributed by atoms with Crippen LogP contribution in [-0.4, -0.2) is 5.60 Å². The average molecular weight is 163 g/mol. The largest absolute Gasteiger partial charge is 0.448 e. The van der Waals surface area contributed by atoms with Crippen molar-refractivity contribution in [1.29, 1.82) is 0 Å². The number of halogens is 2. The quantitative estimate of drug-likeness (QED) is 0.621. The van der Waals surface area contributed by atoms with Gasteiger partial charge in [0, 0.05) is 0 Å². The monoisotopic (exact) mass is 163 g/mol. The van der Waals surface area contributed by atoms with E-state index in [0.717, 1.165) is 25.7 Å². The molecule has 0 heterocycles. The molecule has 0 unspecified atom stereocenters. The zero-order chi connectivity index (χ0) is 8.32. The van der Waals surface area contributed by atoms with Crippen LogP contribution in [0.3, 0.4) is 0 Å². The van der Waals surface area contributed by atoms with Crippen molar-refractivity contribution in [1.82, 2.24) is 0 Å². The van der Waals surface area contributed by atoms with E-state index in [1.165, 1.54) is 0 Å². The van der Waals surface area contributed by atoms with Crippen LogP contribution >= 0.6 is 0 Å². The summed E-state index contributed by atoms with van der Waals surface area (Å²) in [5, 5.41) is 0. The second-order valence-corrected chi connectivity index (χ2v) is 3.07. The van der Waals surface area contributed by atoms with Gasteiger partial charge in [0.2, 0.25) is 0 Å².